The summed E-state index contributed by atoms with van der Waals surface area (Å²) in [6, 6.07) is 11.9. The van der Waals surface area contributed by atoms with Crippen LogP contribution in [-0.4, -0.2) is 11.4 Å². The standard InChI is InChI=1S/C16H16Cl2N2/c17-13-6-11(7-14(18)8-13)9-20-5-4-12-2-1-3-16(19)15(12)10-20/h1-3,6-8H,4-5,9-10,19H2. The van der Waals surface area contributed by atoms with Crippen LogP contribution in [0, 0.1) is 0 Å². The van der Waals surface area contributed by atoms with Gasteiger partial charge < -0.3 is 5.73 Å². The van der Waals surface area contributed by atoms with Crippen LogP contribution in [0.25, 0.3) is 0 Å². The normalized spacial score (nSPS) is 15.1. The van der Waals surface area contributed by atoms with Gasteiger partial charge in [0.15, 0.2) is 0 Å². The predicted octanol–water partition coefficient (Wildman–Crippen LogP) is 4.13. The molecule has 20 heavy (non-hydrogen) atoms. The van der Waals surface area contributed by atoms with Gasteiger partial charge in [-0.1, -0.05) is 35.3 Å². The van der Waals surface area contributed by atoms with E-state index in [9.17, 15) is 0 Å². The van der Waals surface area contributed by atoms with Crippen LogP contribution < -0.4 is 5.73 Å². The van der Waals surface area contributed by atoms with Crippen molar-refractivity contribution >= 4 is 28.9 Å². The maximum atomic E-state index is 6.08. The molecular weight excluding hydrogens is 291 g/mol. The first-order valence-electron chi connectivity index (χ1n) is 6.65. The van der Waals surface area contributed by atoms with Crippen LogP contribution in [-0.2, 0) is 19.5 Å². The summed E-state index contributed by atoms with van der Waals surface area (Å²) in [5.74, 6) is 0. The first-order valence-corrected chi connectivity index (χ1v) is 7.41. The minimum Gasteiger partial charge on any atom is -0.398 e. The minimum atomic E-state index is 0.685. The third kappa shape index (κ3) is 2.93. The third-order valence-electron chi connectivity index (χ3n) is 3.72. The lowest BCUT2D eigenvalue weighted by atomic mass is 9.98. The van der Waals surface area contributed by atoms with Crippen molar-refractivity contribution in [3.63, 3.8) is 0 Å². The Morgan fingerprint density at radius 1 is 1.10 bits per heavy atom. The van der Waals surface area contributed by atoms with Gasteiger partial charge in [0.05, 0.1) is 0 Å². The highest BCUT2D eigenvalue weighted by Crippen LogP contribution is 2.26. The number of fused-ring (bicyclic) bond motifs is 1. The number of halogens is 2. The van der Waals surface area contributed by atoms with Crippen LogP contribution in [0.2, 0.25) is 10.0 Å². The molecule has 0 fully saturated rings. The summed E-state index contributed by atoms with van der Waals surface area (Å²) >= 11 is 12.1. The number of hydrogen-bond acceptors (Lipinski definition) is 2. The molecule has 2 N–H and O–H groups in total. The van der Waals surface area contributed by atoms with Crippen molar-refractivity contribution in [2.75, 3.05) is 12.3 Å². The molecule has 0 aliphatic carbocycles. The molecule has 0 radical (unpaired) electrons. The third-order valence-corrected chi connectivity index (χ3v) is 4.15. The van der Waals surface area contributed by atoms with Gasteiger partial charge in [-0.2, -0.15) is 0 Å². The smallest absolute Gasteiger partial charge is 0.0424 e. The van der Waals surface area contributed by atoms with E-state index in [0.717, 1.165) is 37.3 Å². The fourth-order valence-corrected chi connectivity index (χ4v) is 3.33. The van der Waals surface area contributed by atoms with Crippen molar-refractivity contribution in [2.45, 2.75) is 19.5 Å². The molecule has 0 bridgehead atoms. The van der Waals surface area contributed by atoms with Crippen molar-refractivity contribution in [1.29, 1.82) is 0 Å². The molecule has 4 heteroatoms. The molecule has 104 valence electrons. The zero-order valence-corrected chi connectivity index (χ0v) is 12.6. The second kappa shape index (κ2) is 5.65. The van der Waals surface area contributed by atoms with E-state index < -0.39 is 0 Å². The van der Waals surface area contributed by atoms with E-state index in [1.54, 1.807) is 6.07 Å². The quantitative estimate of drug-likeness (QED) is 0.845. The number of hydrogen-bond donors (Lipinski definition) is 1. The molecule has 0 atom stereocenters. The van der Waals surface area contributed by atoms with E-state index in [-0.39, 0.29) is 0 Å². The topological polar surface area (TPSA) is 29.3 Å². The van der Waals surface area contributed by atoms with Gasteiger partial charge in [-0.25, -0.2) is 0 Å². The molecule has 0 saturated heterocycles. The van der Waals surface area contributed by atoms with Crippen LogP contribution in [0.1, 0.15) is 16.7 Å². The lowest BCUT2D eigenvalue weighted by Crippen LogP contribution is -2.30. The van der Waals surface area contributed by atoms with Gasteiger partial charge in [0.25, 0.3) is 0 Å². The largest absolute Gasteiger partial charge is 0.398 e. The van der Waals surface area contributed by atoms with Crippen LogP contribution in [0.15, 0.2) is 36.4 Å². The monoisotopic (exact) mass is 306 g/mol. The van der Waals surface area contributed by atoms with Crippen molar-refractivity contribution in [1.82, 2.24) is 4.90 Å². The van der Waals surface area contributed by atoms with Gasteiger partial charge >= 0.3 is 0 Å². The molecular formula is C16H16Cl2N2. The fourth-order valence-electron chi connectivity index (χ4n) is 2.76. The van der Waals surface area contributed by atoms with Crippen LogP contribution >= 0.6 is 23.2 Å². The highest BCUT2D eigenvalue weighted by Gasteiger charge is 2.18. The summed E-state index contributed by atoms with van der Waals surface area (Å²) in [7, 11) is 0. The van der Waals surface area contributed by atoms with Gasteiger partial charge in [-0.3, -0.25) is 4.90 Å². The van der Waals surface area contributed by atoms with Crippen LogP contribution in [0.3, 0.4) is 0 Å². The van der Waals surface area contributed by atoms with Gasteiger partial charge in [-0.05, 0) is 47.4 Å². The first-order chi connectivity index (χ1) is 9.61. The summed E-state index contributed by atoms with van der Waals surface area (Å²) in [6.07, 6.45) is 1.04. The Bertz CT molecular complexity index is 620. The fraction of sp³-hybridized carbons (Fsp3) is 0.250. The SMILES string of the molecule is Nc1cccc2c1CN(Cc1cc(Cl)cc(Cl)c1)CC2. The van der Waals surface area contributed by atoms with Gasteiger partial charge in [0, 0.05) is 35.4 Å². The molecule has 0 aromatic heterocycles. The van der Waals surface area contributed by atoms with Crippen molar-refractivity contribution in [3.05, 3.63) is 63.1 Å². The Balaban J connectivity index is 1.79. The molecule has 0 spiro atoms. The number of nitrogen functional groups attached to an aromatic ring is 1. The van der Waals surface area contributed by atoms with Gasteiger partial charge in [0.1, 0.15) is 0 Å². The first kappa shape index (κ1) is 13.7. The Morgan fingerprint density at radius 3 is 2.60 bits per heavy atom. The Hall–Kier alpha value is -1.22. The number of benzene rings is 2. The molecule has 0 saturated carbocycles. The van der Waals surface area contributed by atoms with E-state index in [0.29, 0.717) is 10.0 Å². The van der Waals surface area contributed by atoms with Gasteiger partial charge in [0.2, 0.25) is 0 Å². The molecule has 3 rings (SSSR count). The van der Waals surface area contributed by atoms with E-state index in [4.69, 9.17) is 28.9 Å². The molecule has 1 aliphatic heterocycles. The lowest BCUT2D eigenvalue weighted by Gasteiger charge is -2.29. The summed E-state index contributed by atoms with van der Waals surface area (Å²) in [5, 5.41) is 1.37. The van der Waals surface area contributed by atoms with E-state index in [1.165, 1.54) is 11.1 Å². The van der Waals surface area contributed by atoms with Gasteiger partial charge in [-0.15, -0.1) is 0 Å². The number of rotatable bonds is 2. The zero-order valence-electron chi connectivity index (χ0n) is 11.1. The molecule has 2 aromatic carbocycles. The summed E-state index contributed by atoms with van der Waals surface area (Å²) in [5.41, 5.74) is 10.7. The second-order valence-electron chi connectivity index (χ2n) is 5.22. The van der Waals surface area contributed by atoms with Crippen molar-refractivity contribution in [2.24, 2.45) is 0 Å². The number of anilines is 1. The van der Waals surface area contributed by atoms with Crippen LogP contribution in [0.5, 0.6) is 0 Å². The average Bonchev–Trinajstić information content (AvgIpc) is 2.38. The molecule has 2 aromatic rings. The maximum absolute atomic E-state index is 6.08. The minimum absolute atomic E-state index is 0.685. The second-order valence-corrected chi connectivity index (χ2v) is 6.10. The summed E-state index contributed by atoms with van der Waals surface area (Å²) in [6.45, 7) is 2.75. The Morgan fingerprint density at radius 2 is 1.85 bits per heavy atom. The van der Waals surface area contributed by atoms with Crippen molar-refractivity contribution < 1.29 is 0 Å². The summed E-state index contributed by atoms with van der Waals surface area (Å²) in [4.78, 5) is 2.38. The maximum Gasteiger partial charge on any atom is 0.0424 e. The molecule has 1 aliphatic rings. The molecule has 1 heterocycles. The molecule has 2 nitrogen and oxygen atoms in total. The number of nitrogens with zero attached hydrogens (tertiary/aromatic N) is 1. The average molecular weight is 307 g/mol. The van der Waals surface area contributed by atoms with E-state index in [2.05, 4.69) is 11.0 Å². The Labute approximate surface area is 129 Å². The predicted molar refractivity (Wildman–Crippen MR) is 85.1 cm³/mol. The number of nitrogens with two attached hydrogens (primary N) is 1. The summed E-state index contributed by atoms with van der Waals surface area (Å²) < 4.78 is 0. The Kier molecular flexibility index (Phi) is 3.88. The highest BCUT2D eigenvalue weighted by atomic mass is 35.5. The van der Waals surface area contributed by atoms with E-state index in [1.807, 2.05) is 24.3 Å². The van der Waals surface area contributed by atoms with Crippen molar-refractivity contribution in [3.8, 4) is 0 Å². The van der Waals surface area contributed by atoms with Crippen LogP contribution in [0.4, 0.5) is 5.69 Å². The zero-order chi connectivity index (χ0) is 14.1. The highest BCUT2D eigenvalue weighted by molar-refractivity contribution is 6.34. The lowest BCUT2D eigenvalue weighted by molar-refractivity contribution is 0.246. The van der Waals surface area contributed by atoms with E-state index >= 15 is 0 Å². The molecule has 0 amide bonds. The molecule has 0 unspecified atom stereocenters.